The second kappa shape index (κ2) is 8.49. The fourth-order valence-electron chi connectivity index (χ4n) is 3.98. The van der Waals surface area contributed by atoms with Crippen LogP contribution < -0.4 is 9.64 Å². The van der Waals surface area contributed by atoms with Gasteiger partial charge in [-0.05, 0) is 30.3 Å². The number of carbonyl (C=O) groups excluding carboxylic acids is 1. The Bertz CT molecular complexity index is 1260. The number of para-hydroxylation sites is 1. The third-order valence-electron chi connectivity index (χ3n) is 5.48. The zero-order valence-electron chi connectivity index (χ0n) is 17.3. The molecule has 0 fully saturated rings. The Morgan fingerprint density at radius 3 is 2.45 bits per heavy atom. The molecule has 8 heteroatoms. The van der Waals surface area contributed by atoms with Crippen LogP contribution in [0.25, 0.3) is 10.8 Å². The molecule has 1 aliphatic heterocycles. The second-order valence-electron chi connectivity index (χ2n) is 7.14. The fraction of sp³-hybridized carbons (Fsp3) is 0.261. The Balaban J connectivity index is 1.68. The highest BCUT2D eigenvalue weighted by molar-refractivity contribution is 7.89. The lowest BCUT2D eigenvalue weighted by atomic mass is 10.1. The molecule has 1 amide bonds. The fourth-order valence-corrected chi connectivity index (χ4v) is 5.81. The van der Waals surface area contributed by atoms with Crippen molar-refractivity contribution in [1.29, 1.82) is 0 Å². The summed E-state index contributed by atoms with van der Waals surface area (Å²) >= 11 is 6.13. The van der Waals surface area contributed by atoms with Crippen molar-refractivity contribution < 1.29 is 17.9 Å². The van der Waals surface area contributed by atoms with E-state index in [9.17, 15) is 13.2 Å². The minimum Gasteiger partial charge on any atom is -0.490 e. The van der Waals surface area contributed by atoms with E-state index in [0.717, 1.165) is 0 Å². The molecule has 0 bridgehead atoms. The van der Waals surface area contributed by atoms with Crippen molar-refractivity contribution in [2.24, 2.45) is 0 Å². The monoisotopic (exact) mass is 458 g/mol. The van der Waals surface area contributed by atoms with E-state index in [-0.39, 0.29) is 17.4 Å². The zero-order chi connectivity index (χ0) is 22.2. The van der Waals surface area contributed by atoms with Gasteiger partial charge in [-0.15, -0.1) is 0 Å². The first-order valence-electron chi connectivity index (χ1n) is 10.1. The van der Waals surface area contributed by atoms with Crippen molar-refractivity contribution >= 4 is 44.0 Å². The van der Waals surface area contributed by atoms with Crippen LogP contribution in [0.15, 0.2) is 59.5 Å². The number of carbonyl (C=O) groups is 1. The number of nitrogens with zero attached hydrogens (tertiary/aromatic N) is 2. The van der Waals surface area contributed by atoms with E-state index in [1.807, 2.05) is 26.0 Å². The van der Waals surface area contributed by atoms with Crippen LogP contribution in [-0.4, -0.2) is 44.9 Å². The number of sulfonamides is 1. The molecule has 3 aromatic carbocycles. The van der Waals surface area contributed by atoms with E-state index < -0.39 is 10.0 Å². The van der Waals surface area contributed by atoms with Crippen LogP contribution >= 0.6 is 11.6 Å². The molecule has 1 aliphatic rings. The molecule has 0 N–H and O–H groups in total. The molecule has 162 valence electrons. The third-order valence-corrected chi connectivity index (χ3v) is 7.90. The topological polar surface area (TPSA) is 66.9 Å². The lowest BCUT2D eigenvalue weighted by Crippen LogP contribution is -2.31. The highest BCUT2D eigenvalue weighted by Crippen LogP contribution is 2.40. The smallest absolute Gasteiger partial charge is 0.259 e. The maximum atomic E-state index is 13.2. The van der Waals surface area contributed by atoms with Crippen molar-refractivity contribution in [2.45, 2.75) is 18.7 Å². The third kappa shape index (κ3) is 3.67. The summed E-state index contributed by atoms with van der Waals surface area (Å²) in [4.78, 5) is 14.9. The summed E-state index contributed by atoms with van der Waals surface area (Å²) in [6, 6.07) is 15.7. The second-order valence-corrected chi connectivity index (χ2v) is 9.45. The molecule has 0 spiro atoms. The van der Waals surface area contributed by atoms with Gasteiger partial charge in [-0.2, -0.15) is 4.31 Å². The molecule has 0 aromatic heterocycles. The summed E-state index contributed by atoms with van der Waals surface area (Å²) in [5.74, 6) is 0.389. The van der Waals surface area contributed by atoms with Gasteiger partial charge in [-0.25, -0.2) is 8.42 Å². The van der Waals surface area contributed by atoms with Gasteiger partial charge in [0.2, 0.25) is 10.0 Å². The average molecular weight is 459 g/mol. The predicted molar refractivity (Wildman–Crippen MR) is 123 cm³/mol. The number of amides is 1. The number of rotatable bonds is 8. The Labute approximate surface area is 187 Å². The average Bonchev–Trinajstić information content (AvgIpc) is 3.03. The molecule has 0 atom stereocenters. The maximum Gasteiger partial charge on any atom is 0.259 e. The Morgan fingerprint density at radius 1 is 1.00 bits per heavy atom. The van der Waals surface area contributed by atoms with Crippen LogP contribution in [0, 0.1) is 0 Å². The molecule has 1 heterocycles. The largest absolute Gasteiger partial charge is 0.490 e. The standard InChI is InChI=1S/C23H23ClN2O4S/c1-3-25(4-2)31(28,29)21-13-12-19-22-16(21)8-7-9-17(22)23(27)26(19)14-15-30-20-11-6-5-10-18(20)24/h5-13H,3-4,14-15H2,1-2H3. The first-order valence-corrected chi connectivity index (χ1v) is 12.0. The van der Waals surface area contributed by atoms with Crippen molar-refractivity contribution in [2.75, 3.05) is 31.1 Å². The number of hydrogen-bond acceptors (Lipinski definition) is 4. The Kier molecular flexibility index (Phi) is 5.92. The SMILES string of the molecule is CCN(CC)S(=O)(=O)c1ccc2c3c(cccc13)C(=O)N2CCOc1ccccc1Cl. The van der Waals surface area contributed by atoms with Crippen molar-refractivity contribution in [3.05, 3.63) is 65.2 Å². The molecule has 0 saturated heterocycles. The van der Waals surface area contributed by atoms with Gasteiger partial charge in [-0.1, -0.05) is 49.7 Å². The zero-order valence-corrected chi connectivity index (χ0v) is 18.9. The van der Waals surface area contributed by atoms with Gasteiger partial charge >= 0.3 is 0 Å². The van der Waals surface area contributed by atoms with Gasteiger partial charge in [0.05, 0.1) is 22.2 Å². The lowest BCUT2D eigenvalue weighted by molar-refractivity contribution is 0.0989. The molecule has 0 aliphatic carbocycles. The van der Waals surface area contributed by atoms with E-state index in [0.29, 0.717) is 52.4 Å². The van der Waals surface area contributed by atoms with Gasteiger partial charge in [0.15, 0.2) is 0 Å². The van der Waals surface area contributed by atoms with Crippen LogP contribution in [0.2, 0.25) is 5.02 Å². The molecular weight excluding hydrogens is 436 g/mol. The van der Waals surface area contributed by atoms with Gasteiger partial charge in [0, 0.05) is 29.4 Å². The van der Waals surface area contributed by atoms with E-state index in [1.165, 1.54) is 4.31 Å². The highest BCUT2D eigenvalue weighted by Gasteiger charge is 2.33. The van der Waals surface area contributed by atoms with E-state index in [2.05, 4.69) is 0 Å². The first-order chi connectivity index (χ1) is 14.9. The normalized spacial score (nSPS) is 13.4. The van der Waals surface area contributed by atoms with Crippen LogP contribution in [0.1, 0.15) is 24.2 Å². The maximum absolute atomic E-state index is 13.2. The number of anilines is 1. The number of ether oxygens (including phenoxy) is 1. The van der Waals surface area contributed by atoms with Gasteiger partial charge in [0.1, 0.15) is 12.4 Å². The van der Waals surface area contributed by atoms with Crippen LogP contribution in [0.4, 0.5) is 5.69 Å². The summed E-state index contributed by atoms with van der Waals surface area (Å²) in [6.45, 7) is 4.95. The molecule has 6 nitrogen and oxygen atoms in total. The van der Waals surface area contributed by atoms with E-state index >= 15 is 0 Å². The predicted octanol–water partition coefficient (Wildman–Crippen LogP) is 4.56. The first kappa shape index (κ1) is 21.6. The highest BCUT2D eigenvalue weighted by atomic mass is 35.5. The van der Waals surface area contributed by atoms with E-state index in [1.54, 1.807) is 47.4 Å². The lowest BCUT2D eigenvalue weighted by Gasteiger charge is -2.21. The molecule has 31 heavy (non-hydrogen) atoms. The number of benzene rings is 3. The quantitative estimate of drug-likeness (QED) is 0.496. The summed E-state index contributed by atoms with van der Waals surface area (Å²) in [7, 11) is -3.66. The molecule has 0 unspecified atom stereocenters. The van der Waals surface area contributed by atoms with Crippen molar-refractivity contribution in [3.63, 3.8) is 0 Å². The van der Waals surface area contributed by atoms with Crippen LogP contribution in [0.5, 0.6) is 5.75 Å². The number of halogens is 1. The molecule has 0 radical (unpaired) electrons. The summed E-state index contributed by atoms with van der Waals surface area (Å²) in [5.41, 5.74) is 1.19. The van der Waals surface area contributed by atoms with Gasteiger partial charge < -0.3 is 9.64 Å². The molecule has 3 aromatic rings. The van der Waals surface area contributed by atoms with E-state index in [4.69, 9.17) is 16.3 Å². The Hall–Kier alpha value is -2.61. The molecular formula is C23H23ClN2O4S. The van der Waals surface area contributed by atoms with Crippen molar-refractivity contribution in [1.82, 2.24) is 4.31 Å². The summed E-state index contributed by atoms with van der Waals surface area (Å²) in [6.07, 6.45) is 0. The Morgan fingerprint density at radius 2 is 1.74 bits per heavy atom. The van der Waals surface area contributed by atoms with Crippen LogP contribution in [-0.2, 0) is 10.0 Å². The van der Waals surface area contributed by atoms with Crippen molar-refractivity contribution in [3.8, 4) is 5.75 Å². The summed E-state index contributed by atoms with van der Waals surface area (Å²) in [5, 5.41) is 1.73. The minimum absolute atomic E-state index is 0.166. The van der Waals surface area contributed by atoms with Gasteiger partial charge in [-0.3, -0.25) is 4.79 Å². The molecule has 4 rings (SSSR count). The van der Waals surface area contributed by atoms with Crippen LogP contribution in [0.3, 0.4) is 0 Å². The molecule has 0 saturated carbocycles. The minimum atomic E-state index is -3.66. The van der Waals surface area contributed by atoms with Gasteiger partial charge in [0.25, 0.3) is 5.91 Å². The summed E-state index contributed by atoms with van der Waals surface area (Å²) < 4.78 is 33.5. The number of hydrogen-bond donors (Lipinski definition) is 0.